The Labute approximate surface area is 176 Å². The lowest BCUT2D eigenvalue weighted by atomic mass is 9.88. The Morgan fingerprint density at radius 2 is 1.93 bits per heavy atom. The van der Waals surface area contributed by atoms with E-state index in [0.29, 0.717) is 25.2 Å². The van der Waals surface area contributed by atoms with Crippen LogP contribution in [0.1, 0.15) is 45.1 Å². The van der Waals surface area contributed by atoms with E-state index >= 15 is 0 Å². The number of rotatable bonds is 7. The highest BCUT2D eigenvalue weighted by Crippen LogP contribution is 2.26. The van der Waals surface area contributed by atoms with Gasteiger partial charge in [0.05, 0.1) is 12.7 Å². The van der Waals surface area contributed by atoms with Gasteiger partial charge in [0.25, 0.3) is 0 Å². The average Bonchev–Trinajstić information content (AvgIpc) is 2.73. The number of piperazine rings is 1. The summed E-state index contributed by atoms with van der Waals surface area (Å²) < 4.78 is 5.96. The van der Waals surface area contributed by atoms with Crippen LogP contribution in [0, 0.1) is 12.8 Å². The molecule has 2 N–H and O–H groups in total. The van der Waals surface area contributed by atoms with Gasteiger partial charge in [-0.15, -0.1) is 0 Å². The average molecular weight is 403 g/mol. The molecular weight excluding hydrogens is 364 g/mol. The molecule has 2 fully saturated rings. The van der Waals surface area contributed by atoms with Gasteiger partial charge in [-0.3, -0.25) is 0 Å². The fraction of sp³-hybridized carbons (Fsp3) is 0.696. The molecule has 1 aliphatic heterocycles. The molecule has 6 heteroatoms. The smallest absolute Gasteiger partial charge is 0.319 e. The lowest BCUT2D eigenvalue weighted by molar-refractivity contribution is -0.00232. The molecule has 29 heavy (non-hydrogen) atoms. The molecule has 2 aliphatic rings. The SMILES string of the molecule is CCN1CCN(c2ccc(NC(=O)NCCO[C@H]3CCCC[C@@H]3C)cc2C)CC1. The summed E-state index contributed by atoms with van der Waals surface area (Å²) in [5.41, 5.74) is 3.29. The molecule has 6 nitrogen and oxygen atoms in total. The second-order valence-corrected chi connectivity index (χ2v) is 8.47. The molecule has 1 aromatic rings. The molecule has 1 heterocycles. The van der Waals surface area contributed by atoms with Crippen LogP contribution in [0.4, 0.5) is 16.2 Å². The van der Waals surface area contributed by atoms with Gasteiger partial charge in [-0.25, -0.2) is 4.79 Å². The van der Waals surface area contributed by atoms with Crippen LogP contribution in [0.3, 0.4) is 0 Å². The van der Waals surface area contributed by atoms with Crippen molar-refractivity contribution < 1.29 is 9.53 Å². The number of aryl methyl sites for hydroxylation is 1. The first-order valence-electron chi connectivity index (χ1n) is 11.3. The van der Waals surface area contributed by atoms with Crippen molar-refractivity contribution in [3.8, 4) is 0 Å². The summed E-state index contributed by atoms with van der Waals surface area (Å²) >= 11 is 0. The lowest BCUT2D eigenvalue weighted by Gasteiger charge is -2.36. The van der Waals surface area contributed by atoms with Crippen molar-refractivity contribution in [2.24, 2.45) is 5.92 Å². The normalized spacial score (nSPS) is 23.1. The number of anilines is 2. The molecule has 3 rings (SSSR count). The summed E-state index contributed by atoms with van der Waals surface area (Å²) in [4.78, 5) is 17.1. The van der Waals surface area contributed by atoms with Gasteiger partial charge in [-0.2, -0.15) is 0 Å². The van der Waals surface area contributed by atoms with Crippen molar-refractivity contribution in [3.05, 3.63) is 23.8 Å². The molecule has 0 spiro atoms. The number of benzene rings is 1. The largest absolute Gasteiger partial charge is 0.376 e. The molecule has 0 radical (unpaired) electrons. The number of urea groups is 1. The summed E-state index contributed by atoms with van der Waals surface area (Å²) in [7, 11) is 0. The number of nitrogens with zero attached hydrogens (tertiary/aromatic N) is 2. The number of ether oxygens (including phenoxy) is 1. The maximum absolute atomic E-state index is 12.2. The monoisotopic (exact) mass is 402 g/mol. The van der Waals surface area contributed by atoms with Crippen molar-refractivity contribution in [1.82, 2.24) is 10.2 Å². The first-order valence-corrected chi connectivity index (χ1v) is 11.3. The van der Waals surface area contributed by atoms with E-state index in [-0.39, 0.29) is 6.03 Å². The Bertz CT molecular complexity index is 658. The Kier molecular flexibility index (Phi) is 8.19. The third-order valence-electron chi connectivity index (χ3n) is 6.37. The second-order valence-electron chi connectivity index (χ2n) is 8.47. The van der Waals surface area contributed by atoms with E-state index in [1.807, 2.05) is 6.07 Å². The predicted octanol–water partition coefficient (Wildman–Crippen LogP) is 3.85. The lowest BCUT2D eigenvalue weighted by Crippen LogP contribution is -2.46. The quantitative estimate of drug-likeness (QED) is 0.680. The van der Waals surface area contributed by atoms with Gasteiger partial charge < -0.3 is 25.2 Å². The molecule has 0 aromatic heterocycles. The highest BCUT2D eigenvalue weighted by atomic mass is 16.5. The minimum atomic E-state index is -0.172. The Hall–Kier alpha value is -1.79. The number of hydrogen-bond acceptors (Lipinski definition) is 4. The highest BCUT2D eigenvalue weighted by Gasteiger charge is 2.21. The number of likely N-dealkylation sites (N-methyl/N-ethyl adjacent to an activating group) is 1. The zero-order chi connectivity index (χ0) is 20.6. The zero-order valence-electron chi connectivity index (χ0n) is 18.4. The summed E-state index contributed by atoms with van der Waals surface area (Å²) in [5, 5.41) is 5.85. The predicted molar refractivity (Wildman–Crippen MR) is 120 cm³/mol. The van der Waals surface area contributed by atoms with Crippen LogP contribution >= 0.6 is 0 Å². The molecule has 1 aliphatic carbocycles. The summed E-state index contributed by atoms with van der Waals surface area (Å²) in [6.45, 7) is 13.2. The first-order chi connectivity index (χ1) is 14.1. The summed E-state index contributed by atoms with van der Waals surface area (Å²) in [6.07, 6.45) is 5.32. The van der Waals surface area contributed by atoms with E-state index in [1.165, 1.54) is 30.5 Å². The van der Waals surface area contributed by atoms with E-state index in [9.17, 15) is 4.79 Å². The first kappa shape index (κ1) is 21.9. The zero-order valence-corrected chi connectivity index (χ0v) is 18.4. The van der Waals surface area contributed by atoms with Crippen LogP contribution in [-0.2, 0) is 4.74 Å². The summed E-state index contributed by atoms with van der Waals surface area (Å²) in [5.74, 6) is 0.629. The standard InChI is InChI=1S/C23H38N4O2/c1-4-26-12-14-27(15-13-26)21-10-9-20(17-19(21)3)25-23(28)24-11-16-29-22-8-6-5-7-18(22)2/h9-10,17-18,22H,4-8,11-16H2,1-3H3,(H2,24,25,28)/t18-,22-/m0/s1. The van der Waals surface area contributed by atoms with Crippen LogP contribution < -0.4 is 15.5 Å². The van der Waals surface area contributed by atoms with E-state index in [0.717, 1.165) is 44.8 Å². The van der Waals surface area contributed by atoms with Crippen molar-refractivity contribution in [2.45, 2.75) is 52.6 Å². The highest BCUT2D eigenvalue weighted by molar-refractivity contribution is 5.89. The third-order valence-corrected chi connectivity index (χ3v) is 6.37. The maximum Gasteiger partial charge on any atom is 0.319 e. The van der Waals surface area contributed by atoms with Crippen LogP contribution in [0.2, 0.25) is 0 Å². The van der Waals surface area contributed by atoms with Crippen molar-refractivity contribution >= 4 is 17.4 Å². The second kappa shape index (κ2) is 10.8. The minimum Gasteiger partial charge on any atom is -0.376 e. The van der Waals surface area contributed by atoms with Crippen LogP contribution in [0.25, 0.3) is 0 Å². The Morgan fingerprint density at radius 1 is 1.17 bits per heavy atom. The molecular formula is C23H38N4O2. The van der Waals surface area contributed by atoms with Gasteiger partial charge in [-0.05, 0) is 56.0 Å². The molecule has 1 saturated carbocycles. The van der Waals surface area contributed by atoms with E-state index in [4.69, 9.17) is 4.74 Å². The Balaban J connectivity index is 1.40. The molecule has 1 aromatic carbocycles. The van der Waals surface area contributed by atoms with Gasteiger partial charge in [0.1, 0.15) is 0 Å². The molecule has 2 amide bonds. The van der Waals surface area contributed by atoms with Crippen molar-refractivity contribution in [3.63, 3.8) is 0 Å². The van der Waals surface area contributed by atoms with Gasteiger partial charge in [0.2, 0.25) is 0 Å². The van der Waals surface area contributed by atoms with E-state index in [1.54, 1.807) is 0 Å². The number of hydrogen-bond donors (Lipinski definition) is 2. The number of amides is 2. The number of carbonyl (C=O) groups excluding carboxylic acids is 1. The van der Waals surface area contributed by atoms with Gasteiger partial charge in [0, 0.05) is 44.1 Å². The van der Waals surface area contributed by atoms with Crippen molar-refractivity contribution in [1.29, 1.82) is 0 Å². The number of nitrogens with one attached hydrogen (secondary N) is 2. The fourth-order valence-electron chi connectivity index (χ4n) is 4.47. The van der Waals surface area contributed by atoms with Gasteiger partial charge in [-0.1, -0.05) is 26.7 Å². The molecule has 1 saturated heterocycles. The molecule has 2 atom stereocenters. The van der Waals surface area contributed by atoms with E-state index < -0.39 is 0 Å². The van der Waals surface area contributed by atoms with Crippen molar-refractivity contribution in [2.75, 3.05) is 56.1 Å². The van der Waals surface area contributed by atoms with Gasteiger partial charge in [0.15, 0.2) is 0 Å². The maximum atomic E-state index is 12.2. The Morgan fingerprint density at radius 3 is 2.62 bits per heavy atom. The van der Waals surface area contributed by atoms with Crippen LogP contribution in [-0.4, -0.2) is 62.9 Å². The molecule has 0 unspecified atom stereocenters. The number of carbonyl (C=O) groups is 1. The molecule has 162 valence electrons. The van der Waals surface area contributed by atoms with Crippen LogP contribution in [0.5, 0.6) is 0 Å². The molecule has 0 bridgehead atoms. The van der Waals surface area contributed by atoms with E-state index in [2.05, 4.69) is 53.3 Å². The minimum absolute atomic E-state index is 0.172. The van der Waals surface area contributed by atoms with Crippen LogP contribution in [0.15, 0.2) is 18.2 Å². The fourth-order valence-corrected chi connectivity index (χ4v) is 4.47. The van der Waals surface area contributed by atoms with Gasteiger partial charge >= 0.3 is 6.03 Å². The topological polar surface area (TPSA) is 56.8 Å². The third kappa shape index (κ3) is 6.34. The summed E-state index contributed by atoms with van der Waals surface area (Å²) in [6, 6.07) is 6.00.